The van der Waals surface area contributed by atoms with Gasteiger partial charge in [-0.3, -0.25) is 9.59 Å². The number of carbonyl (C=O) groups is 2. The largest absolute Gasteiger partial charge is 0.455 e. The summed E-state index contributed by atoms with van der Waals surface area (Å²) in [5.41, 5.74) is 0. The number of aliphatic hydroxyl groups is 6. The van der Waals surface area contributed by atoms with Crippen molar-refractivity contribution in [1.29, 1.82) is 0 Å². The van der Waals surface area contributed by atoms with E-state index < -0.39 is 92.5 Å². The molecule has 41 heavy (non-hydrogen) atoms. The molecular formula is C28H50O13. The van der Waals surface area contributed by atoms with Crippen LogP contribution in [0.15, 0.2) is 0 Å². The number of carbonyl (C=O) groups excluding carboxylic acids is 2. The number of aliphatic hydroxyl groups excluding tert-OH is 6. The standard InChI is InChI=1S/C28H50O13/c1-4-5-6-7-8-9-10-11-12-13-20(32)38-24-23(39-26(36)17(2)3)21(33)18(14-29)37-27(24)41-28(16-31)25(35)22(34)19(15-30)40-28/h17-19,21-25,27,29-31,33-35H,4-16H2,1-3H3/t18-,19-,21-,22+,23+,24-,25+,27-,28+/m1/s1. The lowest BCUT2D eigenvalue weighted by Crippen LogP contribution is -2.64. The summed E-state index contributed by atoms with van der Waals surface area (Å²) in [6.45, 7) is 2.84. The maximum absolute atomic E-state index is 12.9. The van der Waals surface area contributed by atoms with Crippen LogP contribution < -0.4 is 0 Å². The van der Waals surface area contributed by atoms with E-state index >= 15 is 0 Å². The highest BCUT2D eigenvalue weighted by atomic mass is 16.8. The Kier molecular flexibility index (Phi) is 15.4. The van der Waals surface area contributed by atoms with Crippen LogP contribution in [-0.2, 0) is 33.3 Å². The summed E-state index contributed by atoms with van der Waals surface area (Å²) in [5, 5.41) is 61.1. The topological polar surface area (TPSA) is 202 Å². The quantitative estimate of drug-likeness (QED) is 0.0934. The van der Waals surface area contributed by atoms with Gasteiger partial charge in [0, 0.05) is 6.42 Å². The summed E-state index contributed by atoms with van der Waals surface area (Å²) in [7, 11) is 0. The van der Waals surface area contributed by atoms with Crippen LogP contribution in [0, 0.1) is 5.92 Å². The minimum Gasteiger partial charge on any atom is -0.455 e. The van der Waals surface area contributed by atoms with Crippen LogP contribution >= 0.6 is 0 Å². The van der Waals surface area contributed by atoms with E-state index in [2.05, 4.69) is 6.92 Å². The van der Waals surface area contributed by atoms with E-state index in [4.69, 9.17) is 23.7 Å². The summed E-state index contributed by atoms with van der Waals surface area (Å²) in [6.07, 6.45) is -3.29. The second kappa shape index (κ2) is 17.6. The lowest BCUT2D eigenvalue weighted by atomic mass is 9.97. The van der Waals surface area contributed by atoms with Gasteiger partial charge in [0.2, 0.25) is 12.1 Å². The van der Waals surface area contributed by atoms with Crippen molar-refractivity contribution in [2.75, 3.05) is 19.8 Å². The van der Waals surface area contributed by atoms with Crippen molar-refractivity contribution in [3.05, 3.63) is 0 Å². The number of esters is 2. The highest BCUT2D eigenvalue weighted by Gasteiger charge is 2.59. The van der Waals surface area contributed by atoms with Crippen molar-refractivity contribution in [3.8, 4) is 0 Å². The van der Waals surface area contributed by atoms with E-state index in [-0.39, 0.29) is 6.42 Å². The third-order valence-electron chi connectivity index (χ3n) is 7.50. The molecule has 0 aromatic heterocycles. The normalized spacial score (nSPS) is 33.7. The van der Waals surface area contributed by atoms with Crippen LogP contribution in [0.4, 0.5) is 0 Å². The Labute approximate surface area is 241 Å². The number of ether oxygens (including phenoxy) is 5. The molecule has 0 bridgehead atoms. The number of hydrogen-bond acceptors (Lipinski definition) is 13. The second-order valence-electron chi connectivity index (χ2n) is 11.2. The molecule has 0 saturated carbocycles. The van der Waals surface area contributed by atoms with Crippen molar-refractivity contribution in [2.45, 2.75) is 140 Å². The molecule has 0 spiro atoms. The molecule has 2 saturated heterocycles. The SMILES string of the molecule is CCCCCCCCCCCC(=O)O[C@H]1[C@@H](O[C@]2(CO)O[C@H](CO)[C@H](O)[C@@H]2O)O[C@H](CO)[C@@H](O)[C@@H]1OC(=O)C(C)C. The Morgan fingerprint density at radius 2 is 1.39 bits per heavy atom. The predicted molar refractivity (Wildman–Crippen MR) is 143 cm³/mol. The fourth-order valence-electron chi connectivity index (χ4n) is 4.92. The van der Waals surface area contributed by atoms with Gasteiger partial charge in [-0.25, -0.2) is 0 Å². The molecule has 2 aliphatic rings. The van der Waals surface area contributed by atoms with Crippen LogP contribution in [0.25, 0.3) is 0 Å². The molecular weight excluding hydrogens is 544 g/mol. The number of hydrogen-bond donors (Lipinski definition) is 6. The third kappa shape index (κ3) is 9.80. The molecule has 0 unspecified atom stereocenters. The third-order valence-corrected chi connectivity index (χ3v) is 7.50. The first-order valence-electron chi connectivity index (χ1n) is 14.8. The molecule has 2 aliphatic heterocycles. The van der Waals surface area contributed by atoms with Gasteiger partial charge in [0.15, 0.2) is 12.2 Å². The first-order valence-corrected chi connectivity index (χ1v) is 14.8. The van der Waals surface area contributed by atoms with Crippen LogP contribution in [-0.4, -0.2) is 117 Å². The highest BCUT2D eigenvalue weighted by molar-refractivity contribution is 5.72. The van der Waals surface area contributed by atoms with Gasteiger partial charge in [-0.05, 0) is 6.42 Å². The molecule has 6 N–H and O–H groups in total. The van der Waals surface area contributed by atoms with Crippen molar-refractivity contribution in [1.82, 2.24) is 0 Å². The van der Waals surface area contributed by atoms with Crippen molar-refractivity contribution >= 4 is 11.9 Å². The lowest BCUT2D eigenvalue weighted by molar-refractivity contribution is -0.384. The second-order valence-corrected chi connectivity index (χ2v) is 11.2. The van der Waals surface area contributed by atoms with Crippen LogP contribution in [0.1, 0.15) is 85.0 Å². The zero-order chi connectivity index (χ0) is 30.6. The smallest absolute Gasteiger partial charge is 0.308 e. The molecule has 2 rings (SSSR count). The summed E-state index contributed by atoms with van der Waals surface area (Å²) >= 11 is 0. The van der Waals surface area contributed by atoms with Gasteiger partial charge in [0.25, 0.3) is 0 Å². The highest BCUT2D eigenvalue weighted by Crippen LogP contribution is 2.37. The lowest BCUT2D eigenvalue weighted by Gasteiger charge is -2.45. The summed E-state index contributed by atoms with van der Waals surface area (Å²) in [4.78, 5) is 25.4. The zero-order valence-corrected chi connectivity index (χ0v) is 24.4. The molecule has 2 heterocycles. The van der Waals surface area contributed by atoms with Gasteiger partial charge in [-0.15, -0.1) is 0 Å². The molecule has 240 valence electrons. The fourth-order valence-corrected chi connectivity index (χ4v) is 4.92. The molecule has 13 heteroatoms. The monoisotopic (exact) mass is 594 g/mol. The molecule has 0 radical (unpaired) electrons. The minimum absolute atomic E-state index is 0.0268. The number of rotatable bonds is 18. The Morgan fingerprint density at radius 3 is 1.90 bits per heavy atom. The van der Waals surface area contributed by atoms with E-state index in [1.807, 2.05) is 0 Å². The fraction of sp³-hybridized carbons (Fsp3) is 0.929. The predicted octanol–water partition coefficient (Wildman–Crippen LogP) is 0.283. The molecule has 13 nitrogen and oxygen atoms in total. The summed E-state index contributed by atoms with van der Waals surface area (Å²) in [5.74, 6) is -4.35. The van der Waals surface area contributed by atoms with Gasteiger partial charge >= 0.3 is 11.9 Å². The van der Waals surface area contributed by atoms with Crippen molar-refractivity contribution < 1.29 is 63.9 Å². The Balaban J connectivity index is 2.16. The molecule has 0 aromatic rings. The van der Waals surface area contributed by atoms with Gasteiger partial charge in [-0.1, -0.05) is 72.1 Å². The zero-order valence-electron chi connectivity index (χ0n) is 24.4. The van der Waals surface area contributed by atoms with Crippen LogP contribution in [0.2, 0.25) is 0 Å². The van der Waals surface area contributed by atoms with Gasteiger partial charge in [-0.2, -0.15) is 0 Å². The van der Waals surface area contributed by atoms with E-state index in [9.17, 15) is 40.2 Å². The summed E-state index contributed by atoms with van der Waals surface area (Å²) < 4.78 is 27.9. The van der Waals surface area contributed by atoms with Gasteiger partial charge in [0.1, 0.15) is 37.1 Å². The molecule has 2 fully saturated rings. The molecule has 0 amide bonds. The van der Waals surface area contributed by atoms with Crippen LogP contribution in [0.3, 0.4) is 0 Å². The maximum Gasteiger partial charge on any atom is 0.308 e. The van der Waals surface area contributed by atoms with Gasteiger partial charge < -0.3 is 54.3 Å². The van der Waals surface area contributed by atoms with Gasteiger partial charge in [0.05, 0.1) is 19.1 Å². The first kappa shape index (κ1) is 35.8. The van der Waals surface area contributed by atoms with E-state index in [1.165, 1.54) is 25.7 Å². The summed E-state index contributed by atoms with van der Waals surface area (Å²) in [6, 6.07) is 0. The maximum atomic E-state index is 12.9. The molecule has 0 aliphatic carbocycles. The van der Waals surface area contributed by atoms with Crippen LogP contribution in [0.5, 0.6) is 0 Å². The average Bonchev–Trinajstić information content (AvgIpc) is 3.20. The Morgan fingerprint density at radius 1 is 0.805 bits per heavy atom. The van der Waals surface area contributed by atoms with E-state index in [0.717, 1.165) is 25.7 Å². The average molecular weight is 595 g/mol. The van der Waals surface area contributed by atoms with E-state index in [1.54, 1.807) is 13.8 Å². The number of unbranched alkanes of at least 4 members (excludes halogenated alkanes) is 8. The van der Waals surface area contributed by atoms with Crippen molar-refractivity contribution in [2.24, 2.45) is 5.92 Å². The van der Waals surface area contributed by atoms with Crippen molar-refractivity contribution in [3.63, 3.8) is 0 Å². The Bertz CT molecular complexity index is 780. The minimum atomic E-state index is -2.33. The molecule has 9 atom stereocenters. The van der Waals surface area contributed by atoms with E-state index in [0.29, 0.717) is 6.42 Å². The Hall–Kier alpha value is -1.42. The first-order chi connectivity index (χ1) is 19.5. The molecule has 0 aromatic carbocycles.